The molecule has 0 aliphatic rings. The second kappa shape index (κ2) is 6.11. The fourth-order valence-electron chi connectivity index (χ4n) is 1.30. The van der Waals surface area contributed by atoms with Crippen LogP contribution in [0.3, 0.4) is 0 Å². The number of alkyl halides is 3. The molecule has 0 fully saturated rings. The van der Waals surface area contributed by atoms with Gasteiger partial charge in [0.05, 0.1) is 0 Å². The molecule has 0 saturated carbocycles. The fourth-order valence-corrected chi connectivity index (χ4v) is 1.55. The fraction of sp³-hybridized carbons (Fsp3) is 0.600. The van der Waals surface area contributed by atoms with E-state index in [1.54, 1.807) is 6.07 Å². The van der Waals surface area contributed by atoms with Crippen LogP contribution in [-0.2, 0) is 17.8 Å². The number of hydrogen-bond acceptors (Lipinski definition) is 3. The number of aromatic amines is 1. The van der Waals surface area contributed by atoms with Gasteiger partial charge in [-0.3, -0.25) is 0 Å². The minimum Gasteiger partial charge on any atom is -0.364 e. The molecule has 0 atom stereocenters. The Morgan fingerprint density at radius 3 is 2.76 bits per heavy atom. The molecule has 1 N–H and O–H groups in total. The van der Waals surface area contributed by atoms with Crippen molar-refractivity contribution in [3.63, 3.8) is 0 Å². The number of halogens is 3. The van der Waals surface area contributed by atoms with Crippen molar-refractivity contribution >= 4 is 12.2 Å². The van der Waals surface area contributed by atoms with E-state index >= 15 is 0 Å². The van der Waals surface area contributed by atoms with Crippen molar-refractivity contribution in [2.24, 2.45) is 0 Å². The van der Waals surface area contributed by atoms with Gasteiger partial charge in [0, 0.05) is 5.69 Å². The Morgan fingerprint density at radius 2 is 2.18 bits per heavy atom. The van der Waals surface area contributed by atoms with E-state index in [4.69, 9.17) is 12.2 Å². The van der Waals surface area contributed by atoms with Crippen LogP contribution in [0.15, 0.2) is 6.07 Å². The van der Waals surface area contributed by atoms with E-state index < -0.39 is 12.8 Å². The molecule has 1 rings (SSSR count). The van der Waals surface area contributed by atoms with E-state index in [9.17, 15) is 13.2 Å². The molecular weight excluding hydrogens is 253 g/mol. The van der Waals surface area contributed by atoms with Gasteiger partial charge >= 0.3 is 6.18 Å². The minimum atomic E-state index is -4.32. The monoisotopic (exact) mass is 266 g/mol. The molecule has 96 valence electrons. The van der Waals surface area contributed by atoms with Gasteiger partial charge in [0.1, 0.15) is 23.7 Å². The van der Waals surface area contributed by atoms with Gasteiger partial charge in [-0.25, -0.2) is 4.98 Å². The number of aryl methyl sites for hydroxylation is 1. The van der Waals surface area contributed by atoms with Gasteiger partial charge in [-0.15, -0.1) is 0 Å². The zero-order valence-corrected chi connectivity index (χ0v) is 10.1. The molecular formula is C10H13F3N2OS. The van der Waals surface area contributed by atoms with Crippen LogP contribution in [0.5, 0.6) is 0 Å². The molecule has 0 radical (unpaired) electrons. The Kier molecular flexibility index (Phi) is 5.07. The lowest BCUT2D eigenvalue weighted by atomic mass is 10.2. The number of aromatic nitrogens is 2. The molecule has 3 nitrogen and oxygen atoms in total. The molecule has 1 aromatic heterocycles. The van der Waals surface area contributed by atoms with Crippen LogP contribution < -0.4 is 0 Å². The van der Waals surface area contributed by atoms with Gasteiger partial charge in [0.15, 0.2) is 0 Å². The Balaban J connectivity index is 2.62. The molecule has 1 aromatic rings. The summed E-state index contributed by atoms with van der Waals surface area (Å²) < 4.78 is 40.5. The SMILES string of the molecule is CCCc1cc(=S)nc(COCC(F)(F)F)[nH]1. The maximum Gasteiger partial charge on any atom is 0.411 e. The summed E-state index contributed by atoms with van der Waals surface area (Å²) in [5.41, 5.74) is 0.859. The predicted molar refractivity (Wildman–Crippen MR) is 59.1 cm³/mol. The second-order valence-electron chi connectivity index (χ2n) is 3.55. The Morgan fingerprint density at radius 1 is 1.47 bits per heavy atom. The average molecular weight is 266 g/mol. The number of nitrogens with one attached hydrogen (secondary N) is 1. The summed E-state index contributed by atoms with van der Waals surface area (Å²) in [7, 11) is 0. The number of nitrogens with zero attached hydrogens (tertiary/aromatic N) is 1. The van der Waals surface area contributed by atoms with Crippen LogP contribution in [0.4, 0.5) is 13.2 Å². The van der Waals surface area contributed by atoms with Gasteiger partial charge in [0.25, 0.3) is 0 Å². The number of rotatable bonds is 5. The van der Waals surface area contributed by atoms with E-state index in [1.807, 2.05) is 6.92 Å². The first-order valence-electron chi connectivity index (χ1n) is 5.14. The summed E-state index contributed by atoms with van der Waals surface area (Å²) in [5.74, 6) is 0.324. The smallest absolute Gasteiger partial charge is 0.364 e. The minimum absolute atomic E-state index is 0.222. The van der Waals surface area contributed by atoms with E-state index in [-0.39, 0.29) is 6.61 Å². The highest BCUT2D eigenvalue weighted by atomic mass is 32.1. The maximum atomic E-state index is 11.9. The van der Waals surface area contributed by atoms with E-state index in [0.29, 0.717) is 10.5 Å². The normalized spacial score (nSPS) is 11.8. The van der Waals surface area contributed by atoms with Crippen molar-refractivity contribution in [2.45, 2.75) is 32.5 Å². The van der Waals surface area contributed by atoms with Crippen molar-refractivity contribution in [3.8, 4) is 0 Å². The van der Waals surface area contributed by atoms with E-state index in [2.05, 4.69) is 14.7 Å². The molecule has 0 aliphatic carbocycles. The highest BCUT2D eigenvalue weighted by Crippen LogP contribution is 2.15. The van der Waals surface area contributed by atoms with Gasteiger partial charge in [-0.1, -0.05) is 25.6 Å². The zero-order valence-electron chi connectivity index (χ0n) is 9.30. The van der Waals surface area contributed by atoms with Crippen LogP contribution in [0.25, 0.3) is 0 Å². The lowest BCUT2D eigenvalue weighted by Gasteiger charge is -2.08. The lowest BCUT2D eigenvalue weighted by molar-refractivity contribution is -0.177. The van der Waals surface area contributed by atoms with Gasteiger partial charge < -0.3 is 9.72 Å². The molecule has 17 heavy (non-hydrogen) atoms. The third-order valence-electron chi connectivity index (χ3n) is 1.87. The molecule has 0 bridgehead atoms. The highest BCUT2D eigenvalue weighted by Gasteiger charge is 2.27. The zero-order chi connectivity index (χ0) is 12.9. The van der Waals surface area contributed by atoms with E-state index in [0.717, 1.165) is 18.5 Å². The van der Waals surface area contributed by atoms with Crippen LogP contribution in [0.1, 0.15) is 24.9 Å². The van der Waals surface area contributed by atoms with Crippen LogP contribution in [0.2, 0.25) is 0 Å². The summed E-state index contributed by atoms with van der Waals surface area (Å²) in [6.07, 6.45) is -2.63. The van der Waals surface area contributed by atoms with Crippen LogP contribution in [-0.4, -0.2) is 22.8 Å². The van der Waals surface area contributed by atoms with Gasteiger partial charge in [0.2, 0.25) is 0 Å². The summed E-state index contributed by atoms with van der Waals surface area (Å²) in [6.45, 7) is 0.491. The quantitative estimate of drug-likeness (QED) is 0.832. The van der Waals surface area contributed by atoms with Crippen molar-refractivity contribution < 1.29 is 17.9 Å². The first kappa shape index (κ1) is 14.1. The molecule has 0 aliphatic heterocycles. The van der Waals surface area contributed by atoms with Crippen molar-refractivity contribution in [2.75, 3.05) is 6.61 Å². The number of hydrogen-bond donors (Lipinski definition) is 1. The molecule has 1 heterocycles. The average Bonchev–Trinajstić information content (AvgIpc) is 2.15. The third-order valence-corrected chi connectivity index (χ3v) is 2.08. The maximum absolute atomic E-state index is 11.9. The molecule has 0 aromatic carbocycles. The summed E-state index contributed by atoms with van der Waals surface area (Å²) in [4.78, 5) is 6.80. The summed E-state index contributed by atoms with van der Waals surface area (Å²) in [6, 6.07) is 1.70. The number of H-pyrrole nitrogens is 1. The summed E-state index contributed by atoms with van der Waals surface area (Å²) >= 11 is 4.92. The molecule has 0 saturated heterocycles. The lowest BCUT2D eigenvalue weighted by Crippen LogP contribution is -2.17. The predicted octanol–water partition coefficient (Wildman–Crippen LogP) is 3.17. The number of ether oxygens (including phenoxy) is 1. The van der Waals surface area contributed by atoms with Crippen molar-refractivity contribution in [3.05, 3.63) is 22.2 Å². The second-order valence-corrected chi connectivity index (χ2v) is 3.97. The van der Waals surface area contributed by atoms with Crippen molar-refractivity contribution in [1.29, 1.82) is 0 Å². The van der Waals surface area contributed by atoms with E-state index in [1.165, 1.54) is 0 Å². The molecule has 0 amide bonds. The summed E-state index contributed by atoms with van der Waals surface area (Å²) in [5, 5.41) is 0. The Bertz CT molecular complexity index is 417. The van der Waals surface area contributed by atoms with Gasteiger partial charge in [-0.2, -0.15) is 13.2 Å². The topological polar surface area (TPSA) is 37.9 Å². The highest BCUT2D eigenvalue weighted by molar-refractivity contribution is 7.71. The van der Waals surface area contributed by atoms with Crippen LogP contribution >= 0.6 is 12.2 Å². The third kappa shape index (κ3) is 5.78. The van der Waals surface area contributed by atoms with Gasteiger partial charge in [-0.05, 0) is 12.5 Å². The molecule has 0 unspecified atom stereocenters. The Hall–Kier alpha value is -0.950. The first-order valence-corrected chi connectivity index (χ1v) is 5.55. The van der Waals surface area contributed by atoms with Crippen molar-refractivity contribution in [1.82, 2.24) is 9.97 Å². The largest absolute Gasteiger partial charge is 0.411 e. The molecule has 0 spiro atoms. The Labute approximate surface area is 102 Å². The van der Waals surface area contributed by atoms with Crippen LogP contribution in [0, 0.1) is 4.64 Å². The molecule has 7 heteroatoms. The first-order chi connectivity index (χ1) is 7.90. The standard InChI is InChI=1S/C10H13F3N2OS/c1-2-3-7-4-9(17)15-8(14-7)5-16-6-10(11,12)13/h4H,2-3,5-6H2,1H3,(H,14,15,17).